The fourth-order valence-corrected chi connectivity index (χ4v) is 5.61. The number of benzene rings is 5. The van der Waals surface area contributed by atoms with Gasteiger partial charge in [-0.25, -0.2) is 0 Å². The number of hydrogen-bond acceptors (Lipinski definition) is 3. The molecule has 0 saturated carbocycles. The second kappa shape index (κ2) is 8.76. The van der Waals surface area contributed by atoms with Crippen molar-refractivity contribution in [3.63, 3.8) is 0 Å². The molecule has 0 bridgehead atoms. The predicted octanol–water partition coefficient (Wildman–Crippen LogP) is 6.54. The molecule has 2 aromatic heterocycles. The average molecular weight is 503 g/mol. The highest BCUT2D eigenvalue weighted by atomic mass is 16.4. The van der Waals surface area contributed by atoms with Crippen molar-refractivity contribution in [1.29, 1.82) is 5.26 Å². The van der Waals surface area contributed by atoms with Crippen LogP contribution in [0.4, 0.5) is 0 Å². The summed E-state index contributed by atoms with van der Waals surface area (Å²) in [6.45, 7) is 0. The first-order chi connectivity index (χ1) is 19.1. The van der Waals surface area contributed by atoms with Gasteiger partial charge in [0.15, 0.2) is 0 Å². The topological polar surface area (TPSA) is 73.8 Å². The Kier molecular flexibility index (Phi) is 5.07. The van der Waals surface area contributed by atoms with Crippen LogP contribution in [0.3, 0.4) is 0 Å². The monoisotopic (exact) mass is 502 g/mol. The first-order valence-corrected chi connectivity index (χ1v) is 12.6. The Labute approximate surface area is 223 Å². The molecular weight excluding hydrogens is 482 g/mol. The normalized spacial score (nSPS) is 11.9. The Hall–Kier alpha value is -5.60. The van der Waals surface area contributed by atoms with Crippen molar-refractivity contribution in [2.45, 2.75) is 0 Å². The first kappa shape index (κ1) is 22.6. The lowest BCUT2D eigenvalue weighted by atomic mass is 10.1. The summed E-state index contributed by atoms with van der Waals surface area (Å²) in [6, 6.07) is 41.0. The zero-order chi connectivity index (χ0) is 26.5. The maximum Gasteiger partial charge on any atom is 0.101 e. The van der Waals surface area contributed by atoms with Crippen LogP contribution in [0.25, 0.3) is 61.1 Å². The molecule has 0 saturated heterocycles. The van der Waals surface area contributed by atoms with Gasteiger partial charge in [0.2, 0.25) is 0 Å². The molecule has 0 aliphatic rings. The average Bonchev–Trinajstić information content (AvgIpc) is 3.49. The van der Waals surface area contributed by atoms with Crippen molar-refractivity contribution in [2.75, 3.05) is 0 Å². The minimum Gasteiger partial charge on any atom is -0.544 e. The standard InChI is InChI=1S/C34H21N3O2/c35-21-23(34(38)39)19-22-13-18-33-29(20-22)28-9-3-6-12-32(28)37(33)25-16-14-24(15-17-25)36-30-10-4-1-7-26(30)27-8-2-5-11-31(27)36/h1-20H,(H,38,39)/p-1/b23-19+. The summed E-state index contributed by atoms with van der Waals surface area (Å²) in [7, 11) is 0. The summed E-state index contributed by atoms with van der Waals surface area (Å²) in [6.07, 6.45) is 1.35. The Morgan fingerprint density at radius 1 is 0.615 bits per heavy atom. The molecule has 0 amide bonds. The SMILES string of the molecule is N#C/C(=C\c1ccc2c(c1)c1ccccc1n2-c1ccc(-n2c3ccccc3c3ccccc32)cc1)C(=O)[O-]. The zero-order valence-corrected chi connectivity index (χ0v) is 20.7. The van der Waals surface area contributed by atoms with Crippen LogP contribution in [-0.2, 0) is 4.79 Å². The molecule has 5 aromatic carbocycles. The van der Waals surface area contributed by atoms with Crippen LogP contribution >= 0.6 is 0 Å². The van der Waals surface area contributed by atoms with E-state index in [0.717, 1.165) is 44.2 Å². The van der Waals surface area contributed by atoms with Crippen LogP contribution < -0.4 is 5.11 Å². The summed E-state index contributed by atoms with van der Waals surface area (Å²) >= 11 is 0. The number of nitrogens with zero attached hydrogens (tertiary/aromatic N) is 3. The lowest BCUT2D eigenvalue weighted by Gasteiger charge is -2.11. The molecule has 2 heterocycles. The van der Waals surface area contributed by atoms with Crippen LogP contribution in [0, 0.1) is 11.3 Å². The van der Waals surface area contributed by atoms with Gasteiger partial charge in [0.1, 0.15) is 6.07 Å². The maximum absolute atomic E-state index is 11.2. The van der Waals surface area contributed by atoms with Crippen molar-refractivity contribution >= 4 is 55.7 Å². The van der Waals surface area contributed by atoms with Gasteiger partial charge in [0, 0.05) is 32.9 Å². The van der Waals surface area contributed by atoms with Crippen LogP contribution in [0.5, 0.6) is 0 Å². The van der Waals surface area contributed by atoms with Crippen molar-refractivity contribution in [1.82, 2.24) is 9.13 Å². The molecule has 0 radical (unpaired) electrons. The molecule has 0 aliphatic heterocycles. The fraction of sp³-hybridized carbons (Fsp3) is 0. The predicted molar refractivity (Wildman–Crippen MR) is 154 cm³/mol. The first-order valence-electron chi connectivity index (χ1n) is 12.6. The minimum absolute atomic E-state index is 0.404. The van der Waals surface area contributed by atoms with Gasteiger partial charge in [0.25, 0.3) is 0 Å². The molecule has 7 rings (SSSR count). The van der Waals surface area contributed by atoms with Crippen molar-refractivity contribution in [2.24, 2.45) is 0 Å². The van der Waals surface area contributed by atoms with E-state index in [-0.39, 0.29) is 0 Å². The van der Waals surface area contributed by atoms with Crippen LogP contribution in [0.2, 0.25) is 0 Å². The van der Waals surface area contributed by atoms with E-state index in [1.165, 1.54) is 16.8 Å². The van der Waals surface area contributed by atoms with E-state index in [1.807, 2.05) is 30.3 Å². The molecule has 0 unspecified atom stereocenters. The number of rotatable bonds is 4. The maximum atomic E-state index is 11.2. The number of fused-ring (bicyclic) bond motifs is 6. The van der Waals surface area contributed by atoms with Gasteiger partial charge in [-0.3, -0.25) is 0 Å². The molecule has 5 heteroatoms. The smallest absolute Gasteiger partial charge is 0.101 e. The number of nitriles is 1. The second-order valence-corrected chi connectivity index (χ2v) is 9.47. The number of carbonyl (C=O) groups is 1. The molecule has 0 N–H and O–H groups in total. The van der Waals surface area contributed by atoms with Gasteiger partial charge in [0.05, 0.1) is 33.6 Å². The van der Waals surface area contributed by atoms with Crippen LogP contribution in [-0.4, -0.2) is 15.1 Å². The molecule has 0 fully saturated rings. The molecule has 184 valence electrons. The van der Waals surface area contributed by atoms with Gasteiger partial charge in [-0.1, -0.05) is 60.7 Å². The number of aliphatic carboxylic acids is 1. The summed E-state index contributed by atoms with van der Waals surface area (Å²) in [4.78, 5) is 11.2. The molecule has 5 nitrogen and oxygen atoms in total. The van der Waals surface area contributed by atoms with E-state index >= 15 is 0 Å². The van der Waals surface area contributed by atoms with E-state index in [2.05, 4.69) is 94.1 Å². The van der Waals surface area contributed by atoms with Gasteiger partial charge >= 0.3 is 0 Å². The third-order valence-electron chi connectivity index (χ3n) is 7.29. The molecule has 7 aromatic rings. The number of carboxylic acid groups (broad SMARTS) is 1. The van der Waals surface area contributed by atoms with Gasteiger partial charge in [-0.15, -0.1) is 0 Å². The molecule has 0 spiro atoms. The number of para-hydroxylation sites is 3. The third-order valence-corrected chi connectivity index (χ3v) is 7.29. The second-order valence-electron chi connectivity index (χ2n) is 9.47. The number of carbonyl (C=O) groups excluding carboxylic acids is 1. The van der Waals surface area contributed by atoms with Crippen molar-refractivity contribution in [3.8, 4) is 17.4 Å². The third kappa shape index (κ3) is 3.51. The van der Waals surface area contributed by atoms with Gasteiger partial charge in [-0.05, 0) is 66.2 Å². The minimum atomic E-state index is -1.48. The Bertz CT molecular complexity index is 2100. The molecule has 0 aliphatic carbocycles. The largest absolute Gasteiger partial charge is 0.544 e. The molecular formula is C34H20N3O2-. The highest BCUT2D eigenvalue weighted by Crippen LogP contribution is 2.35. The lowest BCUT2D eigenvalue weighted by Crippen LogP contribution is -2.23. The van der Waals surface area contributed by atoms with Gasteiger partial charge < -0.3 is 19.0 Å². The highest BCUT2D eigenvalue weighted by molar-refractivity contribution is 6.11. The van der Waals surface area contributed by atoms with Crippen molar-refractivity contribution in [3.05, 3.63) is 126 Å². The van der Waals surface area contributed by atoms with Crippen LogP contribution in [0.15, 0.2) is 121 Å². The highest BCUT2D eigenvalue weighted by Gasteiger charge is 2.14. The quantitative estimate of drug-likeness (QED) is 0.203. The van der Waals surface area contributed by atoms with E-state index < -0.39 is 11.5 Å². The summed E-state index contributed by atoms with van der Waals surface area (Å²) in [5.74, 6) is -1.48. The summed E-state index contributed by atoms with van der Waals surface area (Å²) in [5.41, 5.74) is 6.68. The van der Waals surface area contributed by atoms with Crippen molar-refractivity contribution < 1.29 is 9.90 Å². The Morgan fingerprint density at radius 2 is 1.05 bits per heavy atom. The Morgan fingerprint density at radius 3 is 1.51 bits per heavy atom. The van der Waals surface area contributed by atoms with E-state index in [0.29, 0.717) is 5.56 Å². The molecule has 0 atom stereocenters. The van der Waals surface area contributed by atoms with Crippen LogP contribution in [0.1, 0.15) is 5.56 Å². The van der Waals surface area contributed by atoms with E-state index in [9.17, 15) is 9.90 Å². The van der Waals surface area contributed by atoms with E-state index in [1.54, 1.807) is 6.07 Å². The lowest BCUT2D eigenvalue weighted by molar-refractivity contribution is -0.298. The van der Waals surface area contributed by atoms with Gasteiger partial charge in [-0.2, -0.15) is 5.26 Å². The number of hydrogen-bond donors (Lipinski definition) is 0. The number of carboxylic acids is 1. The number of aromatic nitrogens is 2. The molecule has 39 heavy (non-hydrogen) atoms. The zero-order valence-electron chi connectivity index (χ0n) is 20.7. The summed E-state index contributed by atoms with van der Waals surface area (Å²) < 4.78 is 4.50. The van der Waals surface area contributed by atoms with E-state index in [4.69, 9.17) is 5.26 Å². The Balaban J connectivity index is 1.40. The summed E-state index contributed by atoms with van der Waals surface area (Å²) in [5, 5.41) is 24.9. The fourth-order valence-electron chi connectivity index (χ4n) is 5.61.